The van der Waals surface area contributed by atoms with E-state index < -0.39 is 75.7 Å². The highest BCUT2D eigenvalue weighted by molar-refractivity contribution is 7.47. The first-order valence-corrected chi connectivity index (χ1v) is 24.4. The van der Waals surface area contributed by atoms with Crippen molar-refractivity contribution in [2.24, 2.45) is 0 Å². The average molecular weight is 873 g/mol. The summed E-state index contributed by atoms with van der Waals surface area (Å²) in [6.07, 6.45) is 28.8. The van der Waals surface area contributed by atoms with Gasteiger partial charge in [0.15, 0.2) is 6.10 Å². The van der Waals surface area contributed by atoms with Crippen LogP contribution in [0, 0.1) is 0 Å². The third kappa shape index (κ3) is 28.4. The average Bonchev–Trinajstić information content (AvgIpc) is 3.23. The van der Waals surface area contributed by atoms with Gasteiger partial charge in [-0.15, -0.1) is 0 Å². The second-order valence-electron chi connectivity index (χ2n) is 15.9. The number of hydrogen-bond donors (Lipinski definition) is 6. The molecule has 0 radical (unpaired) electrons. The molecule has 1 aliphatic rings. The zero-order chi connectivity index (χ0) is 44.3. The molecule has 0 heterocycles. The molecule has 0 aliphatic heterocycles. The van der Waals surface area contributed by atoms with Crippen LogP contribution in [0.25, 0.3) is 0 Å². The van der Waals surface area contributed by atoms with E-state index in [0.717, 1.165) is 64.2 Å². The van der Waals surface area contributed by atoms with Crippen molar-refractivity contribution in [2.75, 3.05) is 13.2 Å². The summed E-state index contributed by atoms with van der Waals surface area (Å²) in [4.78, 5) is 35.7. The number of ether oxygens (including phenoxy) is 2. The summed E-state index contributed by atoms with van der Waals surface area (Å²) in [6.45, 7) is 3.15. The van der Waals surface area contributed by atoms with Crippen LogP contribution >= 0.6 is 7.82 Å². The minimum absolute atomic E-state index is 0.0893. The van der Waals surface area contributed by atoms with Gasteiger partial charge in [0.05, 0.1) is 6.61 Å². The van der Waals surface area contributed by atoms with Gasteiger partial charge in [-0.2, -0.15) is 0 Å². The Balaban J connectivity index is 2.49. The number of allylic oxidation sites excluding steroid dienone is 8. The van der Waals surface area contributed by atoms with Crippen molar-refractivity contribution in [2.45, 2.75) is 217 Å². The van der Waals surface area contributed by atoms with Crippen LogP contribution in [0.2, 0.25) is 0 Å². The highest BCUT2D eigenvalue weighted by atomic mass is 31.2. The van der Waals surface area contributed by atoms with Gasteiger partial charge in [-0.1, -0.05) is 159 Å². The van der Waals surface area contributed by atoms with Crippen molar-refractivity contribution in [1.29, 1.82) is 0 Å². The van der Waals surface area contributed by atoms with Gasteiger partial charge in [0.2, 0.25) is 0 Å². The second kappa shape index (κ2) is 36.3. The third-order valence-electron chi connectivity index (χ3n) is 10.4. The van der Waals surface area contributed by atoms with Gasteiger partial charge in [-0.05, 0) is 51.4 Å². The molecular formula is C46H81O13P. The summed E-state index contributed by atoms with van der Waals surface area (Å²) in [5, 5.41) is 50.1. The van der Waals surface area contributed by atoms with Crippen LogP contribution < -0.4 is 0 Å². The number of aliphatic hydroxyl groups is 5. The highest BCUT2D eigenvalue weighted by Gasteiger charge is 2.51. The van der Waals surface area contributed by atoms with E-state index in [1.54, 1.807) is 0 Å². The quantitative estimate of drug-likeness (QED) is 0.0149. The Kier molecular flexibility index (Phi) is 33.8. The van der Waals surface area contributed by atoms with E-state index in [1.165, 1.54) is 70.6 Å². The van der Waals surface area contributed by atoms with Gasteiger partial charge in [-0.25, -0.2) is 4.57 Å². The second-order valence-corrected chi connectivity index (χ2v) is 17.3. The summed E-state index contributed by atoms with van der Waals surface area (Å²) < 4.78 is 33.5. The van der Waals surface area contributed by atoms with Crippen molar-refractivity contribution >= 4 is 19.8 Å². The van der Waals surface area contributed by atoms with Crippen LogP contribution in [0.5, 0.6) is 0 Å². The number of rotatable bonds is 37. The van der Waals surface area contributed by atoms with Crippen LogP contribution in [-0.2, 0) is 32.7 Å². The lowest BCUT2D eigenvalue weighted by molar-refractivity contribution is -0.220. The molecule has 0 aromatic carbocycles. The minimum Gasteiger partial charge on any atom is -0.462 e. The molecule has 0 amide bonds. The Morgan fingerprint density at radius 2 is 0.950 bits per heavy atom. The topological polar surface area (TPSA) is 210 Å². The molecule has 6 unspecified atom stereocenters. The monoisotopic (exact) mass is 873 g/mol. The molecule has 1 fully saturated rings. The van der Waals surface area contributed by atoms with Crippen LogP contribution in [0.4, 0.5) is 0 Å². The molecule has 6 N–H and O–H groups in total. The van der Waals surface area contributed by atoms with E-state index in [1.807, 2.05) is 0 Å². The molecule has 0 aromatic rings. The highest BCUT2D eigenvalue weighted by Crippen LogP contribution is 2.47. The molecule has 0 spiro atoms. The SMILES string of the molecule is CC/C=C/C/C=C/C/C=C/C/C=C/CCCCC(=O)OC[C@H](COP(=O)(O)OC1C(O)C(O)C(O)[C@@H](O)C1O)OC(=O)CCCCCCCCCCCCCCCCCC. The molecule has 1 aliphatic carbocycles. The molecule has 8 atom stereocenters. The van der Waals surface area contributed by atoms with Crippen molar-refractivity contribution in [3.05, 3.63) is 48.6 Å². The van der Waals surface area contributed by atoms with Gasteiger partial charge >= 0.3 is 19.8 Å². The van der Waals surface area contributed by atoms with Crippen molar-refractivity contribution in [1.82, 2.24) is 0 Å². The molecule has 348 valence electrons. The Labute approximate surface area is 360 Å². The summed E-state index contributed by atoms with van der Waals surface area (Å²) in [5.41, 5.74) is 0. The van der Waals surface area contributed by atoms with Crippen molar-refractivity contribution in [3.8, 4) is 0 Å². The van der Waals surface area contributed by atoms with Crippen molar-refractivity contribution in [3.63, 3.8) is 0 Å². The van der Waals surface area contributed by atoms with E-state index in [0.29, 0.717) is 12.8 Å². The lowest BCUT2D eigenvalue weighted by Crippen LogP contribution is -2.64. The number of carbonyl (C=O) groups is 2. The number of aliphatic hydroxyl groups excluding tert-OH is 5. The van der Waals surface area contributed by atoms with E-state index >= 15 is 0 Å². The molecule has 0 aromatic heterocycles. The fourth-order valence-electron chi connectivity index (χ4n) is 6.75. The number of hydrogen-bond acceptors (Lipinski definition) is 12. The Hall–Kier alpha value is -2.19. The Bertz CT molecular complexity index is 1240. The first kappa shape index (κ1) is 55.8. The molecule has 0 saturated heterocycles. The molecule has 0 bridgehead atoms. The van der Waals surface area contributed by atoms with E-state index in [-0.39, 0.29) is 12.8 Å². The molecular weight excluding hydrogens is 791 g/mol. The van der Waals surface area contributed by atoms with Crippen LogP contribution in [-0.4, -0.2) is 98.3 Å². The van der Waals surface area contributed by atoms with Gasteiger partial charge in [-0.3, -0.25) is 18.6 Å². The normalized spacial score (nSPS) is 22.6. The first-order valence-electron chi connectivity index (χ1n) is 22.9. The van der Waals surface area contributed by atoms with E-state index in [4.69, 9.17) is 18.5 Å². The number of phosphoric acid groups is 1. The molecule has 14 heteroatoms. The summed E-state index contributed by atoms with van der Waals surface area (Å²) >= 11 is 0. The first-order chi connectivity index (χ1) is 28.9. The lowest BCUT2D eigenvalue weighted by Gasteiger charge is -2.41. The number of esters is 2. The van der Waals surface area contributed by atoms with Crippen LogP contribution in [0.1, 0.15) is 174 Å². The Morgan fingerprint density at radius 1 is 0.533 bits per heavy atom. The molecule has 13 nitrogen and oxygen atoms in total. The largest absolute Gasteiger partial charge is 0.472 e. The smallest absolute Gasteiger partial charge is 0.462 e. The standard InChI is InChI=1S/C46H81O13P/c1-3-5-7-9-11-13-15-17-19-21-23-25-27-29-31-33-35-40(48)58-38(37-57-60(54,55)59-46-44(52)42(50)41(49)43(51)45(46)53)36-56-39(47)34-32-30-28-26-24-22-20-18-16-14-12-10-8-6-4-2/h6,8,12,14,18,20,24,26,38,41-46,49-53H,3-5,7,9-11,13,15-17,19,21-23,25,27-37H2,1-2H3,(H,54,55)/b8-6+,14-12+,20-18+,26-24+/t38-,41?,42-,43?,44?,45?,46?/m1/s1. The minimum atomic E-state index is -5.13. The van der Waals surface area contributed by atoms with Crippen molar-refractivity contribution < 1.29 is 63.1 Å². The predicted molar refractivity (Wildman–Crippen MR) is 235 cm³/mol. The maximum absolute atomic E-state index is 12.8. The zero-order valence-corrected chi connectivity index (χ0v) is 37.6. The number of unbranched alkanes of at least 4 members (excludes halogenated alkanes) is 17. The maximum atomic E-state index is 12.8. The fourth-order valence-corrected chi connectivity index (χ4v) is 7.72. The number of phosphoric ester groups is 1. The van der Waals surface area contributed by atoms with Gasteiger partial charge in [0.1, 0.15) is 43.2 Å². The van der Waals surface area contributed by atoms with E-state index in [2.05, 4.69) is 62.5 Å². The van der Waals surface area contributed by atoms with Crippen LogP contribution in [0.15, 0.2) is 48.6 Å². The zero-order valence-electron chi connectivity index (χ0n) is 36.7. The molecule has 60 heavy (non-hydrogen) atoms. The Morgan fingerprint density at radius 3 is 1.45 bits per heavy atom. The van der Waals surface area contributed by atoms with Crippen LogP contribution in [0.3, 0.4) is 0 Å². The third-order valence-corrected chi connectivity index (χ3v) is 11.4. The molecule has 1 rings (SSSR count). The fraction of sp³-hybridized carbons (Fsp3) is 0.783. The van der Waals surface area contributed by atoms with Gasteiger partial charge < -0.3 is 39.9 Å². The van der Waals surface area contributed by atoms with Gasteiger partial charge in [0.25, 0.3) is 0 Å². The lowest BCUT2D eigenvalue weighted by atomic mass is 9.85. The number of carbonyl (C=O) groups excluding carboxylic acids is 2. The van der Waals surface area contributed by atoms with E-state index in [9.17, 15) is 44.6 Å². The summed E-state index contributed by atoms with van der Waals surface area (Å²) in [6, 6.07) is 0. The predicted octanol–water partition coefficient (Wildman–Crippen LogP) is 8.78. The summed E-state index contributed by atoms with van der Waals surface area (Å²) in [7, 11) is -5.13. The summed E-state index contributed by atoms with van der Waals surface area (Å²) in [5.74, 6) is -1.15. The molecule has 1 saturated carbocycles. The maximum Gasteiger partial charge on any atom is 0.472 e. The van der Waals surface area contributed by atoms with Gasteiger partial charge in [0, 0.05) is 12.8 Å².